The summed E-state index contributed by atoms with van der Waals surface area (Å²) < 4.78 is 6.21. The maximum atomic E-state index is 6.21. The van der Waals surface area contributed by atoms with Crippen LogP contribution in [-0.4, -0.2) is 18.8 Å². The van der Waals surface area contributed by atoms with E-state index in [4.69, 9.17) is 4.74 Å². The van der Waals surface area contributed by atoms with Crippen molar-refractivity contribution >= 4 is 0 Å². The molecule has 2 heteroatoms. The molecule has 0 radical (unpaired) electrons. The predicted octanol–water partition coefficient (Wildman–Crippen LogP) is 3.54. The molecule has 2 nitrogen and oxygen atoms in total. The Labute approximate surface area is 121 Å². The zero-order valence-corrected chi connectivity index (χ0v) is 12.3. The largest absolute Gasteiger partial charge is 0.375 e. The third-order valence-electron chi connectivity index (χ3n) is 5.62. The van der Waals surface area contributed by atoms with Gasteiger partial charge in [0.25, 0.3) is 0 Å². The van der Waals surface area contributed by atoms with E-state index in [-0.39, 0.29) is 5.60 Å². The summed E-state index contributed by atoms with van der Waals surface area (Å²) in [4.78, 5) is 0. The van der Waals surface area contributed by atoms with Crippen molar-refractivity contribution in [2.24, 2.45) is 0 Å². The Kier molecular flexibility index (Phi) is 3.31. The molecule has 4 rings (SSSR count). The zero-order chi connectivity index (χ0) is 13.4. The summed E-state index contributed by atoms with van der Waals surface area (Å²) in [6, 6.07) is 6.95. The molecule has 1 aliphatic carbocycles. The molecule has 1 unspecified atom stereocenters. The molecular formula is C18H25NO. The van der Waals surface area contributed by atoms with Crippen LogP contribution in [0.4, 0.5) is 0 Å². The Bertz CT molecular complexity index is 490. The summed E-state index contributed by atoms with van der Waals surface area (Å²) >= 11 is 0. The number of nitrogens with one attached hydrogen (secondary N) is 1. The molecule has 3 aliphatic rings. The Balaban J connectivity index is 1.64. The Morgan fingerprint density at radius 2 is 2.10 bits per heavy atom. The van der Waals surface area contributed by atoms with Crippen LogP contribution in [0.25, 0.3) is 0 Å². The highest BCUT2D eigenvalue weighted by Crippen LogP contribution is 2.46. The van der Waals surface area contributed by atoms with Gasteiger partial charge in [0.15, 0.2) is 0 Å². The molecule has 20 heavy (non-hydrogen) atoms. The summed E-state index contributed by atoms with van der Waals surface area (Å²) in [6.45, 7) is 3.16. The fraction of sp³-hybridized carbons (Fsp3) is 0.667. The van der Waals surface area contributed by atoms with Crippen LogP contribution in [0.1, 0.15) is 61.1 Å². The summed E-state index contributed by atoms with van der Waals surface area (Å²) in [5.74, 6) is 0.731. The van der Waals surface area contributed by atoms with Gasteiger partial charge >= 0.3 is 0 Å². The number of benzene rings is 1. The minimum absolute atomic E-state index is 0.235. The van der Waals surface area contributed by atoms with Crippen molar-refractivity contribution in [1.82, 2.24) is 5.32 Å². The van der Waals surface area contributed by atoms with Crippen LogP contribution in [0, 0.1) is 0 Å². The van der Waals surface area contributed by atoms with Crippen LogP contribution in [-0.2, 0) is 17.7 Å². The molecule has 1 aromatic rings. The second-order valence-corrected chi connectivity index (χ2v) is 6.84. The molecule has 108 valence electrons. The molecule has 1 atom stereocenters. The molecule has 1 aromatic carbocycles. The molecule has 0 aromatic heterocycles. The van der Waals surface area contributed by atoms with E-state index in [0.29, 0.717) is 0 Å². The number of hydrogen-bond acceptors (Lipinski definition) is 2. The van der Waals surface area contributed by atoms with Gasteiger partial charge < -0.3 is 10.1 Å². The lowest BCUT2D eigenvalue weighted by atomic mass is 9.78. The topological polar surface area (TPSA) is 21.3 Å². The predicted molar refractivity (Wildman–Crippen MR) is 81.0 cm³/mol. The molecule has 2 fully saturated rings. The minimum atomic E-state index is 0.235. The highest BCUT2D eigenvalue weighted by molar-refractivity contribution is 5.39. The normalized spacial score (nSPS) is 28.5. The Morgan fingerprint density at radius 1 is 1.20 bits per heavy atom. The average molecular weight is 271 g/mol. The first-order valence-corrected chi connectivity index (χ1v) is 8.32. The van der Waals surface area contributed by atoms with Crippen molar-refractivity contribution in [3.63, 3.8) is 0 Å². The SMILES string of the molecule is c1cc2c(c(C3CCOC4(CCCC4)C3)c1)CCNC2. The van der Waals surface area contributed by atoms with E-state index in [1.54, 1.807) is 11.1 Å². The van der Waals surface area contributed by atoms with E-state index in [1.165, 1.54) is 50.5 Å². The van der Waals surface area contributed by atoms with Gasteiger partial charge in [-0.1, -0.05) is 31.0 Å². The molecule has 0 bridgehead atoms. The van der Waals surface area contributed by atoms with Crippen LogP contribution in [0.5, 0.6) is 0 Å². The van der Waals surface area contributed by atoms with Gasteiger partial charge in [0, 0.05) is 13.2 Å². The molecule has 1 saturated heterocycles. The summed E-state index contributed by atoms with van der Waals surface area (Å²) in [7, 11) is 0. The van der Waals surface area contributed by atoms with E-state index < -0.39 is 0 Å². The van der Waals surface area contributed by atoms with E-state index in [0.717, 1.165) is 25.6 Å². The van der Waals surface area contributed by atoms with Gasteiger partial charge in [-0.05, 0) is 61.3 Å². The standard InChI is InChI=1S/C18H25NO/c1-2-9-18(8-1)12-14(7-11-20-18)16-5-3-4-15-13-19-10-6-17(15)16/h3-5,14,19H,1-2,6-13H2. The van der Waals surface area contributed by atoms with Gasteiger partial charge in [0.1, 0.15) is 0 Å². The lowest BCUT2D eigenvalue weighted by Gasteiger charge is -2.39. The Morgan fingerprint density at radius 3 is 3.00 bits per heavy atom. The van der Waals surface area contributed by atoms with E-state index in [9.17, 15) is 0 Å². The third kappa shape index (κ3) is 2.19. The van der Waals surface area contributed by atoms with Crippen molar-refractivity contribution in [2.75, 3.05) is 13.2 Å². The number of fused-ring (bicyclic) bond motifs is 1. The van der Waals surface area contributed by atoms with Crippen molar-refractivity contribution in [1.29, 1.82) is 0 Å². The first kappa shape index (κ1) is 12.8. The first-order chi connectivity index (χ1) is 9.86. The molecule has 1 saturated carbocycles. The number of rotatable bonds is 1. The van der Waals surface area contributed by atoms with Gasteiger partial charge in [-0.3, -0.25) is 0 Å². The monoisotopic (exact) mass is 271 g/mol. The maximum Gasteiger partial charge on any atom is 0.0688 e. The van der Waals surface area contributed by atoms with Gasteiger partial charge in [-0.15, -0.1) is 0 Å². The van der Waals surface area contributed by atoms with Gasteiger partial charge in [-0.25, -0.2) is 0 Å². The van der Waals surface area contributed by atoms with Crippen LogP contribution in [0.15, 0.2) is 18.2 Å². The van der Waals surface area contributed by atoms with Crippen LogP contribution in [0.3, 0.4) is 0 Å². The van der Waals surface area contributed by atoms with E-state index in [1.807, 2.05) is 0 Å². The lowest BCUT2D eigenvalue weighted by molar-refractivity contribution is -0.0805. The quantitative estimate of drug-likeness (QED) is 0.843. The molecule has 1 spiro atoms. The summed E-state index contributed by atoms with van der Waals surface area (Å²) in [6.07, 6.45) is 8.99. The first-order valence-electron chi connectivity index (χ1n) is 8.32. The van der Waals surface area contributed by atoms with Gasteiger partial charge in [0.05, 0.1) is 5.60 Å². The lowest BCUT2D eigenvalue weighted by Crippen LogP contribution is -2.37. The second-order valence-electron chi connectivity index (χ2n) is 6.84. The highest BCUT2D eigenvalue weighted by Gasteiger charge is 2.40. The molecule has 0 amide bonds. The van der Waals surface area contributed by atoms with Crippen LogP contribution in [0.2, 0.25) is 0 Å². The maximum absolute atomic E-state index is 6.21. The smallest absolute Gasteiger partial charge is 0.0688 e. The molecule has 2 heterocycles. The fourth-order valence-electron chi connectivity index (χ4n) is 4.60. The van der Waals surface area contributed by atoms with Gasteiger partial charge in [0.2, 0.25) is 0 Å². The van der Waals surface area contributed by atoms with Gasteiger partial charge in [-0.2, -0.15) is 0 Å². The fourth-order valence-corrected chi connectivity index (χ4v) is 4.60. The molecule has 1 N–H and O–H groups in total. The Hall–Kier alpha value is -0.860. The van der Waals surface area contributed by atoms with E-state index >= 15 is 0 Å². The average Bonchev–Trinajstić information content (AvgIpc) is 2.94. The van der Waals surface area contributed by atoms with Crippen LogP contribution < -0.4 is 5.32 Å². The zero-order valence-electron chi connectivity index (χ0n) is 12.3. The van der Waals surface area contributed by atoms with E-state index in [2.05, 4.69) is 23.5 Å². The van der Waals surface area contributed by atoms with Crippen molar-refractivity contribution in [2.45, 2.75) is 63.0 Å². The second kappa shape index (κ2) is 5.16. The summed E-state index contributed by atoms with van der Waals surface area (Å²) in [5, 5.41) is 3.49. The minimum Gasteiger partial charge on any atom is -0.375 e. The number of ether oxygens (including phenoxy) is 1. The number of hydrogen-bond donors (Lipinski definition) is 1. The highest BCUT2D eigenvalue weighted by atomic mass is 16.5. The molecular weight excluding hydrogens is 246 g/mol. The third-order valence-corrected chi connectivity index (χ3v) is 5.62. The van der Waals surface area contributed by atoms with Crippen molar-refractivity contribution < 1.29 is 4.74 Å². The summed E-state index contributed by atoms with van der Waals surface area (Å²) in [5.41, 5.74) is 5.05. The van der Waals surface area contributed by atoms with Crippen LogP contribution >= 0.6 is 0 Å². The molecule has 2 aliphatic heterocycles. The van der Waals surface area contributed by atoms with Crippen molar-refractivity contribution in [3.05, 3.63) is 34.9 Å². The van der Waals surface area contributed by atoms with Crippen molar-refractivity contribution in [3.8, 4) is 0 Å².